The van der Waals surface area contributed by atoms with Crippen LogP contribution in [-0.4, -0.2) is 44.4 Å². The first kappa shape index (κ1) is 20.3. The Labute approximate surface area is 162 Å². The van der Waals surface area contributed by atoms with E-state index in [1.54, 1.807) is 19.9 Å². The molecule has 27 heavy (non-hydrogen) atoms. The van der Waals surface area contributed by atoms with Gasteiger partial charge in [0.2, 0.25) is 10.0 Å². The molecule has 1 saturated heterocycles. The van der Waals surface area contributed by atoms with E-state index in [0.717, 1.165) is 31.5 Å². The average Bonchev–Trinajstić information content (AvgIpc) is 2.64. The number of nitrogens with two attached hydrogens (primary N) is 1. The van der Waals surface area contributed by atoms with E-state index in [1.807, 2.05) is 0 Å². The van der Waals surface area contributed by atoms with Gasteiger partial charge in [-0.15, -0.1) is 0 Å². The molecule has 3 N–H and O–H groups in total. The van der Waals surface area contributed by atoms with Gasteiger partial charge < -0.3 is 10.2 Å². The fourth-order valence-electron chi connectivity index (χ4n) is 4.38. The zero-order valence-electron chi connectivity index (χ0n) is 16.3. The molecule has 1 aliphatic carbocycles. The monoisotopic (exact) mass is 393 g/mol. The summed E-state index contributed by atoms with van der Waals surface area (Å²) in [5.74, 6) is -0.223. The van der Waals surface area contributed by atoms with Gasteiger partial charge in [0.05, 0.1) is 4.90 Å². The largest absolute Gasteiger partial charge is 0.349 e. The molecule has 1 aliphatic heterocycles. The van der Waals surface area contributed by atoms with E-state index in [1.165, 1.54) is 38.2 Å². The van der Waals surface area contributed by atoms with Crippen molar-refractivity contribution in [2.45, 2.75) is 75.8 Å². The predicted octanol–water partition coefficient (Wildman–Crippen LogP) is 2.48. The summed E-state index contributed by atoms with van der Waals surface area (Å²) in [6, 6.07) is 3.98. The van der Waals surface area contributed by atoms with E-state index >= 15 is 0 Å². The van der Waals surface area contributed by atoms with E-state index in [4.69, 9.17) is 5.14 Å². The first-order chi connectivity index (χ1) is 12.8. The number of nitrogens with one attached hydrogen (secondary N) is 1. The highest BCUT2D eigenvalue weighted by Gasteiger charge is 2.27. The summed E-state index contributed by atoms with van der Waals surface area (Å²) >= 11 is 0. The van der Waals surface area contributed by atoms with Gasteiger partial charge in [0.1, 0.15) is 0 Å². The minimum absolute atomic E-state index is 0.0276. The van der Waals surface area contributed by atoms with Gasteiger partial charge in [-0.25, -0.2) is 13.6 Å². The zero-order chi connectivity index (χ0) is 19.6. The smallest absolute Gasteiger partial charge is 0.251 e. The molecule has 0 radical (unpaired) electrons. The Kier molecular flexibility index (Phi) is 6.23. The highest BCUT2D eigenvalue weighted by atomic mass is 32.2. The van der Waals surface area contributed by atoms with Crippen LogP contribution >= 0.6 is 0 Å². The van der Waals surface area contributed by atoms with Crippen molar-refractivity contribution in [2.75, 3.05) is 13.1 Å². The summed E-state index contributed by atoms with van der Waals surface area (Å²) < 4.78 is 23.6. The molecule has 2 fully saturated rings. The Balaban J connectivity index is 1.62. The number of piperidine rings is 1. The number of carbonyl (C=O) groups is 1. The summed E-state index contributed by atoms with van der Waals surface area (Å²) in [5.41, 5.74) is 1.70. The third kappa shape index (κ3) is 4.89. The van der Waals surface area contributed by atoms with E-state index in [-0.39, 0.29) is 16.8 Å². The molecular formula is C20H31N3O3S. The second-order valence-corrected chi connectivity index (χ2v) is 9.57. The van der Waals surface area contributed by atoms with Crippen LogP contribution < -0.4 is 10.5 Å². The lowest BCUT2D eigenvalue weighted by Crippen LogP contribution is -2.48. The van der Waals surface area contributed by atoms with Crippen LogP contribution in [0.25, 0.3) is 0 Å². The molecule has 0 aromatic heterocycles. The zero-order valence-corrected chi connectivity index (χ0v) is 17.1. The quantitative estimate of drug-likeness (QED) is 0.822. The highest BCUT2D eigenvalue weighted by molar-refractivity contribution is 7.89. The Morgan fingerprint density at radius 2 is 1.70 bits per heavy atom. The number of benzene rings is 1. The van der Waals surface area contributed by atoms with Gasteiger partial charge in [-0.2, -0.15) is 0 Å². The first-order valence-corrected chi connectivity index (χ1v) is 11.5. The predicted molar refractivity (Wildman–Crippen MR) is 106 cm³/mol. The van der Waals surface area contributed by atoms with Gasteiger partial charge >= 0.3 is 0 Å². The van der Waals surface area contributed by atoms with E-state index < -0.39 is 10.0 Å². The number of nitrogens with zero attached hydrogens (tertiary/aromatic N) is 1. The molecule has 6 nitrogen and oxygen atoms in total. The second kappa shape index (κ2) is 8.29. The summed E-state index contributed by atoms with van der Waals surface area (Å²) in [5, 5.41) is 8.38. The van der Waals surface area contributed by atoms with E-state index in [0.29, 0.717) is 17.2 Å². The van der Waals surface area contributed by atoms with Gasteiger partial charge in [0.25, 0.3) is 5.91 Å². The molecule has 1 heterocycles. The molecule has 0 atom stereocenters. The number of carbonyl (C=O) groups excluding carboxylic acids is 1. The van der Waals surface area contributed by atoms with Crippen molar-refractivity contribution in [1.82, 2.24) is 10.2 Å². The molecule has 150 valence electrons. The maximum atomic E-state index is 12.7. The number of hydrogen-bond acceptors (Lipinski definition) is 4. The number of sulfonamides is 1. The Morgan fingerprint density at radius 3 is 2.30 bits per heavy atom. The Morgan fingerprint density at radius 1 is 1.07 bits per heavy atom. The number of aryl methyl sites for hydroxylation is 1. The van der Waals surface area contributed by atoms with Crippen molar-refractivity contribution in [2.24, 2.45) is 5.14 Å². The normalized spacial score (nSPS) is 20.6. The summed E-state index contributed by atoms with van der Waals surface area (Å²) in [6.07, 6.45) is 8.51. The van der Waals surface area contributed by atoms with Crippen molar-refractivity contribution in [1.29, 1.82) is 0 Å². The molecule has 1 aromatic carbocycles. The van der Waals surface area contributed by atoms with Crippen LogP contribution in [0.3, 0.4) is 0 Å². The Hall–Kier alpha value is -1.44. The van der Waals surface area contributed by atoms with Crippen LogP contribution in [0.15, 0.2) is 17.0 Å². The maximum Gasteiger partial charge on any atom is 0.251 e. The number of primary sulfonamides is 1. The van der Waals surface area contributed by atoms with Crippen LogP contribution in [0.1, 0.15) is 66.4 Å². The minimum atomic E-state index is -3.85. The molecule has 1 amide bonds. The number of amides is 1. The van der Waals surface area contributed by atoms with Gasteiger partial charge in [-0.05, 0) is 62.8 Å². The number of rotatable bonds is 4. The van der Waals surface area contributed by atoms with Crippen molar-refractivity contribution < 1.29 is 13.2 Å². The van der Waals surface area contributed by atoms with Crippen LogP contribution in [0.5, 0.6) is 0 Å². The van der Waals surface area contributed by atoms with Crippen molar-refractivity contribution in [3.63, 3.8) is 0 Å². The van der Waals surface area contributed by atoms with Gasteiger partial charge in [0, 0.05) is 30.7 Å². The minimum Gasteiger partial charge on any atom is -0.349 e. The third-order valence-electron chi connectivity index (χ3n) is 6.14. The van der Waals surface area contributed by atoms with Crippen LogP contribution in [0.4, 0.5) is 0 Å². The van der Waals surface area contributed by atoms with Gasteiger partial charge in [-0.1, -0.05) is 19.3 Å². The lowest BCUT2D eigenvalue weighted by atomic mass is 9.92. The van der Waals surface area contributed by atoms with Crippen LogP contribution in [0, 0.1) is 13.8 Å². The third-order valence-corrected chi connectivity index (χ3v) is 7.18. The van der Waals surface area contributed by atoms with E-state index in [2.05, 4.69) is 10.2 Å². The highest BCUT2D eigenvalue weighted by Crippen LogP contribution is 2.26. The summed E-state index contributed by atoms with van der Waals surface area (Å²) in [4.78, 5) is 15.3. The number of likely N-dealkylation sites (tertiary alicyclic amines) is 1. The fourth-order valence-corrected chi connectivity index (χ4v) is 5.26. The van der Waals surface area contributed by atoms with Crippen molar-refractivity contribution >= 4 is 15.9 Å². The molecule has 0 bridgehead atoms. The van der Waals surface area contributed by atoms with Crippen molar-refractivity contribution in [3.05, 3.63) is 28.8 Å². The Bertz CT molecular complexity index is 793. The van der Waals surface area contributed by atoms with Crippen LogP contribution in [-0.2, 0) is 10.0 Å². The molecule has 0 unspecified atom stereocenters. The molecule has 2 aliphatic rings. The molecule has 0 spiro atoms. The molecule has 1 aromatic rings. The van der Waals surface area contributed by atoms with Crippen molar-refractivity contribution in [3.8, 4) is 0 Å². The SMILES string of the molecule is Cc1cc(C(=O)NC2CCN(C3CCCCC3)CC2)cc(S(N)(=O)=O)c1C. The van der Waals surface area contributed by atoms with Gasteiger partial charge in [-0.3, -0.25) is 4.79 Å². The molecule has 7 heteroatoms. The number of hydrogen-bond donors (Lipinski definition) is 2. The molecule has 1 saturated carbocycles. The molecule has 3 rings (SSSR count). The standard InChI is InChI=1S/C20H31N3O3S/c1-14-12-16(13-19(15(14)2)27(21,25)26)20(24)22-17-8-10-23(11-9-17)18-6-4-3-5-7-18/h12-13,17-18H,3-11H2,1-2H3,(H,22,24)(H2,21,25,26). The van der Waals surface area contributed by atoms with Gasteiger partial charge in [0.15, 0.2) is 0 Å². The lowest BCUT2D eigenvalue weighted by molar-refractivity contribution is 0.0865. The van der Waals surface area contributed by atoms with Crippen LogP contribution in [0.2, 0.25) is 0 Å². The second-order valence-electron chi connectivity index (χ2n) is 8.04. The first-order valence-electron chi connectivity index (χ1n) is 9.94. The van der Waals surface area contributed by atoms with E-state index in [9.17, 15) is 13.2 Å². The lowest BCUT2D eigenvalue weighted by Gasteiger charge is -2.39. The maximum absolute atomic E-state index is 12.7. The summed E-state index contributed by atoms with van der Waals surface area (Å²) in [7, 11) is -3.85. The fraction of sp³-hybridized carbons (Fsp3) is 0.650. The average molecular weight is 394 g/mol. The summed E-state index contributed by atoms with van der Waals surface area (Å²) in [6.45, 7) is 5.54. The molecular weight excluding hydrogens is 362 g/mol. The topological polar surface area (TPSA) is 92.5 Å².